The van der Waals surface area contributed by atoms with Crippen molar-refractivity contribution in [2.24, 2.45) is 0 Å². The average molecular weight is 236 g/mol. The summed E-state index contributed by atoms with van der Waals surface area (Å²) in [7, 11) is 0. The quantitative estimate of drug-likeness (QED) is 0.262. The molecule has 0 aliphatic heterocycles. The Morgan fingerprint density at radius 1 is 1.41 bits per heavy atom. The topological polar surface area (TPSA) is 121 Å². The normalized spacial score (nSPS) is 10.9. The second-order valence-electron chi connectivity index (χ2n) is 2.99. The van der Waals surface area contributed by atoms with Gasteiger partial charge in [-0.15, -0.1) is 6.26 Å². The minimum Gasteiger partial charge on any atom is -0.877 e. The van der Waals surface area contributed by atoms with Crippen LogP contribution in [0.2, 0.25) is 0 Å². The molecule has 1 N–H and O–H groups in total. The van der Waals surface area contributed by atoms with Crippen molar-refractivity contribution in [1.29, 1.82) is 0 Å². The fraction of sp³-hybridized carbons (Fsp3) is 0. The summed E-state index contributed by atoms with van der Waals surface area (Å²) in [4.78, 5) is 31.1. The van der Waals surface area contributed by atoms with Gasteiger partial charge in [0.05, 0.1) is 16.1 Å². The fourth-order valence-corrected chi connectivity index (χ4v) is 1.21. The van der Waals surface area contributed by atoms with E-state index < -0.39 is 22.2 Å². The molecule has 1 aromatic carbocycles. The van der Waals surface area contributed by atoms with Gasteiger partial charge in [0, 0.05) is 11.6 Å². The second-order valence-corrected chi connectivity index (χ2v) is 2.99. The van der Waals surface area contributed by atoms with Crippen LogP contribution in [-0.2, 0) is 4.79 Å². The third-order valence-corrected chi connectivity index (χ3v) is 2.01. The molecule has 0 atom stereocenters. The summed E-state index contributed by atoms with van der Waals surface area (Å²) in [6.07, 6.45) is 0.280. The lowest BCUT2D eigenvalue weighted by molar-refractivity contribution is -0.385. The van der Waals surface area contributed by atoms with Gasteiger partial charge in [-0.3, -0.25) is 14.9 Å². The Kier molecular flexibility index (Phi) is 3.55. The number of nitro groups is 1. The van der Waals surface area contributed by atoms with Crippen LogP contribution in [0.25, 0.3) is 5.57 Å². The SMILES string of the molecule is O=C/C(=C\[O-])c1cc(C(=O)O)ccc1[N+](=O)[O-]. The van der Waals surface area contributed by atoms with Gasteiger partial charge in [0.1, 0.15) is 6.29 Å². The van der Waals surface area contributed by atoms with Gasteiger partial charge >= 0.3 is 5.97 Å². The number of aromatic carboxylic acids is 1. The molecular formula is C10H6NO6-. The average Bonchev–Trinajstić information content (AvgIpc) is 2.30. The Morgan fingerprint density at radius 2 is 2.06 bits per heavy atom. The summed E-state index contributed by atoms with van der Waals surface area (Å²) in [6, 6.07) is 2.88. The first-order valence-corrected chi connectivity index (χ1v) is 4.30. The Labute approximate surface area is 94.8 Å². The van der Waals surface area contributed by atoms with Crippen LogP contribution in [0.5, 0.6) is 0 Å². The number of carbonyl (C=O) groups is 2. The minimum atomic E-state index is -1.31. The van der Waals surface area contributed by atoms with E-state index in [-0.39, 0.29) is 23.7 Å². The molecule has 1 aromatic rings. The number of rotatable bonds is 4. The molecule has 0 bridgehead atoms. The third kappa shape index (κ3) is 2.46. The molecule has 7 heteroatoms. The number of allylic oxidation sites excluding steroid dienone is 1. The Balaban J connectivity index is 3.50. The van der Waals surface area contributed by atoms with Crippen molar-refractivity contribution in [2.75, 3.05) is 0 Å². The standard InChI is InChI=1S/C10H7NO6/c12-4-7(5-13)8-3-6(10(14)15)1-2-9(8)11(16)17/h1-5,12H,(H,14,15)/p-1/b7-4+. The number of benzene rings is 1. The molecule has 0 unspecified atom stereocenters. The van der Waals surface area contributed by atoms with Crippen molar-refractivity contribution < 1.29 is 24.7 Å². The van der Waals surface area contributed by atoms with Crippen molar-refractivity contribution >= 4 is 23.5 Å². The van der Waals surface area contributed by atoms with Crippen molar-refractivity contribution in [1.82, 2.24) is 0 Å². The van der Waals surface area contributed by atoms with Crippen molar-refractivity contribution in [2.45, 2.75) is 0 Å². The number of aldehydes is 1. The summed E-state index contributed by atoms with van der Waals surface area (Å²) in [5.74, 6) is -1.31. The van der Waals surface area contributed by atoms with Gasteiger partial charge in [-0.1, -0.05) is 0 Å². The summed E-state index contributed by atoms with van der Waals surface area (Å²) in [6.45, 7) is 0. The van der Waals surface area contributed by atoms with Gasteiger partial charge in [0.25, 0.3) is 5.69 Å². The molecule has 7 nitrogen and oxygen atoms in total. The van der Waals surface area contributed by atoms with E-state index in [1.807, 2.05) is 0 Å². The van der Waals surface area contributed by atoms with Gasteiger partial charge in [-0.25, -0.2) is 4.79 Å². The van der Waals surface area contributed by atoms with Crippen LogP contribution >= 0.6 is 0 Å². The van der Waals surface area contributed by atoms with Gasteiger partial charge in [-0.2, -0.15) is 0 Å². The van der Waals surface area contributed by atoms with E-state index in [1.165, 1.54) is 0 Å². The van der Waals surface area contributed by atoms with Crippen molar-refractivity contribution in [3.8, 4) is 0 Å². The number of nitrogens with zero attached hydrogens (tertiary/aromatic N) is 1. The van der Waals surface area contributed by atoms with Crippen molar-refractivity contribution in [3.63, 3.8) is 0 Å². The molecule has 0 aliphatic carbocycles. The molecule has 0 spiro atoms. The lowest BCUT2D eigenvalue weighted by Crippen LogP contribution is -2.03. The first-order valence-electron chi connectivity index (χ1n) is 4.30. The fourth-order valence-electron chi connectivity index (χ4n) is 1.21. The Bertz CT molecular complexity index is 520. The highest BCUT2D eigenvalue weighted by atomic mass is 16.6. The zero-order valence-electron chi connectivity index (χ0n) is 8.32. The van der Waals surface area contributed by atoms with Crippen LogP contribution < -0.4 is 5.11 Å². The van der Waals surface area contributed by atoms with Gasteiger partial charge < -0.3 is 10.2 Å². The zero-order chi connectivity index (χ0) is 13.0. The molecule has 88 valence electrons. The van der Waals surface area contributed by atoms with E-state index >= 15 is 0 Å². The maximum absolute atomic E-state index is 10.7. The molecule has 17 heavy (non-hydrogen) atoms. The zero-order valence-corrected chi connectivity index (χ0v) is 8.32. The third-order valence-electron chi connectivity index (χ3n) is 2.01. The number of hydrogen-bond donors (Lipinski definition) is 1. The monoisotopic (exact) mass is 236 g/mol. The predicted molar refractivity (Wildman–Crippen MR) is 54.1 cm³/mol. The number of carboxylic acid groups (broad SMARTS) is 1. The van der Waals surface area contributed by atoms with Crippen LogP contribution in [0.4, 0.5) is 5.69 Å². The highest BCUT2D eigenvalue weighted by Crippen LogP contribution is 2.25. The van der Waals surface area contributed by atoms with Gasteiger partial charge in [-0.05, 0) is 12.1 Å². The van der Waals surface area contributed by atoms with E-state index in [9.17, 15) is 24.8 Å². The van der Waals surface area contributed by atoms with Gasteiger partial charge in [0.15, 0.2) is 0 Å². The molecule has 0 amide bonds. The predicted octanol–water partition coefficient (Wildman–Crippen LogP) is 0.193. The highest BCUT2D eigenvalue weighted by molar-refractivity contribution is 6.08. The number of hydrogen-bond acceptors (Lipinski definition) is 5. The summed E-state index contributed by atoms with van der Waals surface area (Å²) in [5.41, 5.74) is -1.52. The first-order chi connectivity index (χ1) is 8.01. The lowest BCUT2D eigenvalue weighted by Gasteiger charge is -2.05. The second kappa shape index (κ2) is 4.88. The van der Waals surface area contributed by atoms with E-state index in [1.54, 1.807) is 0 Å². The van der Waals surface area contributed by atoms with Crippen LogP contribution in [0, 0.1) is 10.1 Å². The number of carbonyl (C=O) groups excluding carboxylic acids is 1. The van der Waals surface area contributed by atoms with E-state index in [4.69, 9.17) is 5.11 Å². The maximum atomic E-state index is 10.7. The highest BCUT2D eigenvalue weighted by Gasteiger charge is 2.18. The molecule has 0 saturated heterocycles. The van der Waals surface area contributed by atoms with Gasteiger partial charge in [0.2, 0.25) is 0 Å². The Hall–Kier alpha value is -2.70. The number of carboxylic acids is 1. The first kappa shape index (κ1) is 12.4. The summed E-state index contributed by atoms with van der Waals surface area (Å²) in [5, 5.41) is 29.9. The summed E-state index contributed by atoms with van der Waals surface area (Å²) >= 11 is 0. The van der Waals surface area contributed by atoms with Crippen molar-refractivity contribution in [3.05, 3.63) is 45.7 Å². The Morgan fingerprint density at radius 3 is 2.47 bits per heavy atom. The molecule has 0 heterocycles. The summed E-state index contributed by atoms with van der Waals surface area (Å²) < 4.78 is 0. The largest absolute Gasteiger partial charge is 0.877 e. The smallest absolute Gasteiger partial charge is 0.335 e. The molecule has 0 aliphatic rings. The van der Waals surface area contributed by atoms with Crippen LogP contribution in [0.15, 0.2) is 24.5 Å². The van der Waals surface area contributed by atoms with E-state index in [2.05, 4.69) is 0 Å². The van der Waals surface area contributed by atoms with Crippen LogP contribution in [-0.4, -0.2) is 22.3 Å². The molecule has 0 radical (unpaired) electrons. The van der Waals surface area contributed by atoms with Crippen LogP contribution in [0.1, 0.15) is 15.9 Å². The molecule has 0 fully saturated rings. The lowest BCUT2D eigenvalue weighted by atomic mass is 10.0. The maximum Gasteiger partial charge on any atom is 0.335 e. The molecule has 0 saturated carbocycles. The van der Waals surface area contributed by atoms with Crippen LogP contribution in [0.3, 0.4) is 0 Å². The number of nitro benzene ring substituents is 1. The molecule has 0 aromatic heterocycles. The molecular weight excluding hydrogens is 230 g/mol. The molecule has 1 rings (SSSR count). The van der Waals surface area contributed by atoms with E-state index in [0.29, 0.717) is 0 Å². The minimum absolute atomic E-state index is 0.140. The van der Waals surface area contributed by atoms with E-state index in [0.717, 1.165) is 18.2 Å².